The van der Waals surface area contributed by atoms with E-state index in [4.69, 9.17) is 44.7 Å². The van der Waals surface area contributed by atoms with Crippen molar-refractivity contribution in [3.8, 4) is 0 Å². The van der Waals surface area contributed by atoms with Crippen molar-refractivity contribution in [3.05, 3.63) is 6.08 Å². The van der Waals surface area contributed by atoms with Gasteiger partial charge in [0.1, 0.15) is 6.10 Å². The highest BCUT2D eigenvalue weighted by atomic mass is 35.5. The van der Waals surface area contributed by atoms with Crippen LogP contribution in [-0.2, 0) is 14.3 Å². The molecule has 0 aromatic carbocycles. The van der Waals surface area contributed by atoms with E-state index in [1.54, 1.807) is 13.0 Å². The topological polar surface area (TPSA) is 90.6 Å². The van der Waals surface area contributed by atoms with Gasteiger partial charge in [-0.25, -0.2) is 4.79 Å². The van der Waals surface area contributed by atoms with Crippen molar-refractivity contribution in [3.63, 3.8) is 0 Å². The summed E-state index contributed by atoms with van der Waals surface area (Å²) in [5, 5.41) is 11.5. The number of hydrogen-bond donors (Lipinski definition) is 2. The third-order valence-electron chi connectivity index (χ3n) is 3.16. The third-order valence-corrected chi connectivity index (χ3v) is 5.32. The van der Waals surface area contributed by atoms with Gasteiger partial charge in [-0.1, -0.05) is 45.8 Å². The minimum atomic E-state index is -1.87. The number of nitrogens with one attached hydrogen (secondary N) is 1. The number of amides is 1. The highest BCUT2D eigenvalue weighted by molar-refractivity contribution is 8.12. The summed E-state index contributed by atoms with van der Waals surface area (Å²) >= 11 is 16.6. The van der Waals surface area contributed by atoms with Gasteiger partial charge in [0, 0.05) is 11.8 Å². The van der Waals surface area contributed by atoms with Gasteiger partial charge in [-0.05, 0) is 19.4 Å². The van der Waals surface area contributed by atoms with Gasteiger partial charge in [0.15, 0.2) is 0 Å². The summed E-state index contributed by atoms with van der Waals surface area (Å²) < 4.78 is 7.81. The van der Waals surface area contributed by atoms with Crippen LogP contribution in [0.25, 0.3) is 0 Å². The van der Waals surface area contributed by atoms with Crippen LogP contribution in [0.15, 0.2) is 6.08 Å². The molecule has 4 atom stereocenters. The molecule has 1 fully saturated rings. The summed E-state index contributed by atoms with van der Waals surface area (Å²) in [5.74, 6) is -0.198. The van der Waals surface area contributed by atoms with E-state index in [0.717, 1.165) is 5.75 Å². The molecule has 0 spiro atoms. The molecule has 1 aliphatic heterocycles. The molecule has 0 saturated carbocycles. The second-order valence-electron chi connectivity index (χ2n) is 4.86. The predicted molar refractivity (Wildman–Crippen MR) is 94.1 cm³/mol. The zero-order valence-electron chi connectivity index (χ0n) is 12.7. The highest BCUT2D eigenvalue weighted by Gasteiger charge is 2.44. The molecule has 3 N–H and O–H groups in total. The minimum absolute atomic E-state index is 0.156. The molecule has 0 aliphatic carbocycles. The summed E-state index contributed by atoms with van der Waals surface area (Å²) in [5.41, 5.74) is 0. The maximum Gasteiger partial charge on any atom is 0.511 e. The van der Waals surface area contributed by atoms with Crippen LogP contribution in [0.4, 0.5) is 4.79 Å². The Hall–Kier alpha value is -0.430. The van der Waals surface area contributed by atoms with E-state index in [9.17, 15) is 9.59 Å². The molecule has 4 unspecified atom stereocenters. The zero-order valence-corrected chi connectivity index (χ0v) is 15.8. The Morgan fingerprint density at radius 1 is 1.61 bits per heavy atom. The zero-order chi connectivity index (χ0) is 17.6. The van der Waals surface area contributed by atoms with Crippen LogP contribution in [0.2, 0.25) is 0 Å². The first-order chi connectivity index (χ1) is 10.7. The summed E-state index contributed by atoms with van der Waals surface area (Å²) in [4.78, 5) is 23.3. The summed E-state index contributed by atoms with van der Waals surface area (Å²) in [6, 6.07) is -0.156. The minimum Gasteiger partial charge on any atom is -0.430 e. The van der Waals surface area contributed by atoms with E-state index in [1.165, 1.54) is 0 Å². The number of nitrogens with two attached hydrogens (primary N) is 1. The van der Waals surface area contributed by atoms with Crippen molar-refractivity contribution in [2.75, 3.05) is 11.6 Å². The van der Waals surface area contributed by atoms with Crippen molar-refractivity contribution < 1.29 is 19.1 Å². The molecule has 10 heteroatoms. The maximum absolute atomic E-state index is 11.7. The summed E-state index contributed by atoms with van der Waals surface area (Å²) in [7, 11) is -0.389. The lowest BCUT2D eigenvalue weighted by Crippen LogP contribution is -2.62. The molecular formula is C13H19Cl3N2O4S. The van der Waals surface area contributed by atoms with E-state index < -0.39 is 22.7 Å². The number of carbonyl (C=O) groups is 2. The van der Waals surface area contributed by atoms with Crippen molar-refractivity contribution >= 4 is 62.6 Å². The second kappa shape index (κ2) is 9.16. The third kappa shape index (κ3) is 6.53. The number of halogens is 3. The first-order valence-corrected chi connectivity index (χ1v) is 9.61. The quantitative estimate of drug-likeness (QED) is 0.294. The van der Waals surface area contributed by atoms with Crippen LogP contribution in [0, 0.1) is 5.92 Å². The fourth-order valence-electron chi connectivity index (χ4n) is 1.96. The highest BCUT2D eigenvalue weighted by Crippen LogP contribution is 2.27. The molecule has 1 rings (SSSR count). The number of carbonyl (C=O) groups excluding carboxylic acids is 2. The van der Waals surface area contributed by atoms with Crippen molar-refractivity contribution in [1.29, 1.82) is 0 Å². The Morgan fingerprint density at radius 3 is 2.78 bits per heavy atom. The van der Waals surface area contributed by atoms with Crippen molar-refractivity contribution in [2.45, 2.75) is 36.9 Å². The summed E-state index contributed by atoms with van der Waals surface area (Å²) in [6.45, 7) is 3.56. The van der Waals surface area contributed by atoms with Crippen molar-refractivity contribution in [1.82, 2.24) is 5.32 Å². The Balaban J connectivity index is 2.57. The average Bonchev–Trinajstić information content (AvgIpc) is 2.44. The molecule has 0 aromatic heterocycles. The van der Waals surface area contributed by atoms with E-state index in [1.807, 2.05) is 6.92 Å². The van der Waals surface area contributed by atoms with Crippen LogP contribution >= 0.6 is 45.5 Å². The fraction of sp³-hybridized carbons (Fsp3) is 0.692. The van der Waals surface area contributed by atoms with Gasteiger partial charge in [-0.3, -0.25) is 9.93 Å². The lowest BCUT2D eigenvalue weighted by Gasteiger charge is -2.39. The Labute approximate surface area is 152 Å². The monoisotopic (exact) mass is 404 g/mol. The van der Waals surface area contributed by atoms with Crippen LogP contribution in [0.3, 0.4) is 0 Å². The maximum atomic E-state index is 11.7. The van der Waals surface area contributed by atoms with Gasteiger partial charge in [-0.2, -0.15) is 0 Å². The molecule has 1 saturated heterocycles. The van der Waals surface area contributed by atoms with Crippen LogP contribution in [0.1, 0.15) is 20.3 Å². The molecule has 23 heavy (non-hydrogen) atoms. The molecule has 6 nitrogen and oxygen atoms in total. The van der Waals surface area contributed by atoms with E-state index in [2.05, 4.69) is 15.1 Å². The van der Waals surface area contributed by atoms with Gasteiger partial charge in [0.05, 0.1) is 11.8 Å². The average molecular weight is 406 g/mol. The first kappa shape index (κ1) is 20.6. The first-order valence-electron chi connectivity index (χ1n) is 6.87. The van der Waals surface area contributed by atoms with Gasteiger partial charge in [-0.15, -0.1) is 11.6 Å². The molecule has 0 aromatic rings. The smallest absolute Gasteiger partial charge is 0.430 e. The molecule has 1 aliphatic rings. The van der Waals surface area contributed by atoms with Gasteiger partial charge in [0.2, 0.25) is 5.91 Å². The number of alkyl halides is 3. The van der Waals surface area contributed by atoms with Crippen molar-refractivity contribution in [2.24, 2.45) is 11.1 Å². The predicted octanol–water partition coefficient (Wildman–Crippen LogP) is 2.52. The molecule has 0 radical (unpaired) electrons. The van der Waals surface area contributed by atoms with Gasteiger partial charge in [0.25, 0.3) is 4.52 Å². The van der Waals surface area contributed by atoms with E-state index in [0.29, 0.717) is 6.42 Å². The SMILES string of the molecule is CCS(N)=C=CCC1NC(=O)C1C(C)OC(=O)OC(Cl)(Cl)CCl. The van der Waals surface area contributed by atoms with E-state index >= 15 is 0 Å². The molecule has 1 heterocycles. The molecule has 0 bridgehead atoms. The largest absolute Gasteiger partial charge is 0.511 e. The Bertz CT molecular complexity index is 523. The van der Waals surface area contributed by atoms with Crippen LogP contribution in [-0.4, -0.2) is 45.4 Å². The van der Waals surface area contributed by atoms with Gasteiger partial charge < -0.3 is 14.8 Å². The molecule has 1 amide bonds. The van der Waals surface area contributed by atoms with Crippen LogP contribution < -0.4 is 10.5 Å². The number of rotatable bonds is 7. The molecule has 132 valence electrons. The normalized spacial score (nSPS) is 23.0. The fourth-order valence-corrected chi connectivity index (χ4v) is 2.62. The molecular weight excluding hydrogens is 387 g/mol. The second-order valence-corrected chi connectivity index (χ2v) is 8.21. The Morgan fingerprint density at radius 2 is 2.26 bits per heavy atom. The number of ether oxygens (including phenoxy) is 2. The lowest BCUT2D eigenvalue weighted by atomic mass is 9.84. The summed E-state index contributed by atoms with van der Waals surface area (Å²) in [6.07, 6.45) is 0.566. The lowest BCUT2D eigenvalue weighted by molar-refractivity contribution is -0.141. The van der Waals surface area contributed by atoms with Gasteiger partial charge >= 0.3 is 6.16 Å². The standard InChI is InChI=1S/C13H19Cl3N2O4S/c1-3-23(17)6-4-5-9-10(11(19)18-9)8(2)21-12(20)22-13(15,16)7-14/h4,8-10H,3,5,7,17H2,1-2H3,(H,18,19). The number of β-lactam (4-membered cyclic amide) rings is 1. The van der Waals surface area contributed by atoms with E-state index in [-0.39, 0.29) is 28.5 Å². The number of hydrogen-bond acceptors (Lipinski definition) is 5. The van der Waals surface area contributed by atoms with Crippen LogP contribution in [0.5, 0.6) is 0 Å². The Kier molecular flexibility index (Phi) is 8.21.